The minimum absolute atomic E-state index is 0.103. The average Bonchev–Trinajstić information content (AvgIpc) is 3.40. The van der Waals surface area contributed by atoms with Gasteiger partial charge in [-0.2, -0.15) is 5.10 Å². The first kappa shape index (κ1) is 17.0. The molecule has 2 aliphatic heterocycles. The number of hydrogen-bond donors (Lipinski definition) is 3. The number of carbonyl (C=O) groups is 1. The molecule has 4 rings (SSSR count). The number of hydrogen-bond acceptors (Lipinski definition) is 6. The Kier molecular flexibility index (Phi) is 4.85. The Morgan fingerprint density at radius 1 is 1.27 bits per heavy atom. The van der Waals surface area contributed by atoms with E-state index in [-0.39, 0.29) is 18.0 Å². The fraction of sp³-hybridized carbons (Fsp3) is 0.500. The largest absolute Gasteiger partial charge is 0.497 e. The van der Waals surface area contributed by atoms with E-state index >= 15 is 0 Å². The van der Waals surface area contributed by atoms with Crippen LogP contribution in [0, 0.1) is 0 Å². The third-order valence-electron chi connectivity index (χ3n) is 5.32. The van der Waals surface area contributed by atoms with Crippen LogP contribution < -0.4 is 15.6 Å². The summed E-state index contributed by atoms with van der Waals surface area (Å²) >= 11 is 0. The molecule has 8 nitrogen and oxygen atoms in total. The molecular weight excluding hydrogens is 332 g/mol. The molecule has 26 heavy (non-hydrogen) atoms. The first-order chi connectivity index (χ1) is 12.7. The van der Waals surface area contributed by atoms with E-state index in [1.54, 1.807) is 13.4 Å². The molecule has 0 bridgehead atoms. The molecular formula is C18H24N6O2. The van der Waals surface area contributed by atoms with E-state index in [4.69, 9.17) is 4.74 Å². The minimum Gasteiger partial charge on any atom is -0.497 e. The van der Waals surface area contributed by atoms with Gasteiger partial charge in [-0.25, -0.2) is 15.8 Å². The molecule has 0 spiro atoms. The maximum atomic E-state index is 12.9. The standard InChI is InChI=1S/C18H24N6O2/c1-26-14-4-2-3-13(9-14)15-10-16(22-21-15)18(25)24-7-5-12(6-8-24)17-19-11-20-23-17/h2-4,9,11-12,15-16,21-22H,5-8,10H2,1H3,(H,19,20,23). The van der Waals surface area contributed by atoms with Crippen LogP contribution in [-0.2, 0) is 4.79 Å². The fourth-order valence-electron chi connectivity index (χ4n) is 3.80. The number of aromatic amines is 1. The number of likely N-dealkylation sites (tertiary alicyclic amines) is 1. The van der Waals surface area contributed by atoms with E-state index in [9.17, 15) is 4.79 Å². The Hall–Kier alpha value is -2.45. The number of aromatic nitrogens is 3. The number of carbonyl (C=O) groups excluding carboxylic acids is 1. The monoisotopic (exact) mass is 356 g/mol. The quantitative estimate of drug-likeness (QED) is 0.760. The second kappa shape index (κ2) is 7.43. The Morgan fingerprint density at radius 3 is 2.85 bits per heavy atom. The number of nitrogens with one attached hydrogen (secondary N) is 3. The third-order valence-corrected chi connectivity index (χ3v) is 5.32. The molecule has 0 aliphatic carbocycles. The van der Waals surface area contributed by atoms with E-state index < -0.39 is 0 Å². The van der Waals surface area contributed by atoms with Crippen LogP contribution in [0.15, 0.2) is 30.6 Å². The number of benzene rings is 1. The number of hydrazine groups is 1. The van der Waals surface area contributed by atoms with Crippen molar-refractivity contribution in [2.24, 2.45) is 0 Å². The maximum absolute atomic E-state index is 12.9. The Bertz CT molecular complexity index is 742. The van der Waals surface area contributed by atoms with Crippen LogP contribution in [0.3, 0.4) is 0 Å². The summed E-state index contributed by atoms with van der Waals surface area (Å²) < 4.78 is 5.29. The van der Waals surface area contributed by atoms with Gasteiger partial charge in [0.2, 0.25) is 5.91 Å². The van der Waals surface area contributed by atoms with Gasteiger partial charge in [0.15, 0.2) is 0 Å². The lowest BCUT2D eigenvalue weighted by Gasteiger charge is -2.32. The zero-order valence-corrected chi connectivity index (χ0v) is 14.8. The topological polar surface area (TPSA) is 95.2 Å². The number of ether oxygens (including phenoxy) is 1. The highest BCUT2D eigenvalue weighted by molar-refractivity contribution is 5.82. The Balaban J connectivity index is 1.33. The van der Waals surface area contributed by atoms with Gasteiger partial charge >= 0.3 is 0 Å². The molecule has 2 aromatic rings. The van der Waals surface area contributed by atoms with E-state index in [0.717, 1.165) is 49.5 Å². The van der Waals surface area contributed by atoms with Gasteiger partial charge in [-0.1, -0.05) is 12.1 Å². The smallest absolute Gasteiger partial charge is 0.241 e. The van der Waals surface area contributed by atoms with E-state index in [2.05, 4.69) is 32.1 Å². The molecule has 1 aromatic heterocycles. The van der Waals surface area contributed by atoms with Gasteiger partial charge in [0.25, 0.3) is 0 Å². The fourth-order valence-corrected chi connectivity index (χ4v) is 3.80. The minimum atomic E-state index is -0.201. The molecule has 2 fully saturated rings. The van der Waals surface area contributed by atoms with E-state index in [0.29, 0.717) is 5.92 Å². The lowest BCUT2D eigenvalue weighted by molar-refractivity contribution is -0.134. The highest BCUT2D eigenvalue weighted by Crippen LogP contribution is 2.28. The summed E-state index contributed by atoms with van der Waals surface area (Å²) in [5, 5.41) is 6.86. The number of H-pyrrole nitrogens is 1. The van der Waals surface area contributed by atoms with E-state index in [1.165, 1.54) is 0 Å². The van der Waals surface area contributed by atoms with Crippen molar-refractivity contribution in [2.75, 3.05) is 20.2 Å². The highest BCUT2D eigenvalue weighted by Gasteiger charge is 2.35. The molecule has 2 aliphatic rings. The van der Waals surface area contributed by atoms with Crippen LogP contribution in [0.25, 0.3) is 0 Å². The summed E-state index contributed by atoms with van der Waals surface area (Å²) in [6.45, 7) is 1.51. The van der Waals surface area contributed by atoms with Gasteiger partial charge in [0, 0.05) is 25.0 Å². The number of piperidine rings is 1. The Labute approximate surface area is 152 Å². The van der Waals surface area contributed by atoms with Crippen molar-refractivity contribution < 1.29 is 9.53 Å². The van der Waals surface area contributed by atoms with Crippen LogP contribution in [0.2, 0.25) is 0 Å². The zero-order valence-electron chi connectivity index (χ0n) is 14.8. The zero-order chi connectivity index (χ0) is 17.9. The van der Waals surface area contributed by atoms with Crippen molar-refractivity contribution in [1.82, 2.24) is 30.9 Å². The van der Waals surface area contributed by atoms with Crippen molar-refractivity contribution in [2.45, 2.75) is 37.3 Å². The molecule has 138 valence electrons. The van der Waals surface area contributed by atoms with Crippen molar-refractivity contribution in [3.05, 3.63) is 42.0 Å². The predicted molar refractivity (Wildman–Crippen MR) is 95.3 cm³/mol. The van der Waals surface area contributed by atoms with Gasteiger partial charge in [0.1, 0.15) is 23.9 Å². The molecule has 0 saturated carbocycles. The van der Waals surface area contributed by atoms with Crippen molar-refractivity contribution in [3.8, 4) is 5.75 Å². The lowest BCUT2D eigenvalue weighted by atomic mass is 9.95. The first-order valence-corrected chi connectivity index (χ1v) is 9.03. The van der Waals surface area contributed by atoms with Gasteiger partial charge < -0.3 is 9.64 Å². The van der Waals surface area contributed by atoms with Gasteiger partial charge in [-0.3, -0.25) is 9.89 Å². The maximum Gasteiger partial charge on any atom is 0.241 e. The van der Waals surface area contributed by atoms with E-state index in [1.807, 2.05) is 23.1 Å². The van der Waals surface area contributed by atoms with Crippen molar-refractivity contribution in [1.29, 1.82) is 0 Å². The van der Waals surface area contributed by atoms with Crippen LogP contribution in [0.4, 0.5) is 0 Å². The van der Waals surface area contributed by atoms with Crippen LogP contribution in [0.1, 0.15) is 42.6 Å². The number of nitrogens with zero attached hydrogens (tertiary/aromatic N) is 3. The molecule has 8 heteroatoms. The number of rotatable bonds is 4. The molecule has 0 radical (unpaired) electrons. The van der Waals surface area contributed by atoms with Crippen molar-refractivity contribution in [3.63, 3.8) is 0 Å². The second-order valence-electron chi connectivity index (χ2n) is 6.88. The predicted octanol–water partition coefficient (Wildman–Crippen LogP) is 1.13. The lowest BCUT2D eigenvalue weighted by Crippen LogP contribution is -2.48. The summed E-state index contributed by atoms with van der Waals surface area (Å²) in [5.74, 6) is 2.28. The SMILES string of the molecule is COc1cccc(C2CC(C(=O)N3CCC(c4ncn[nH]4)CC3)NN2)c1. The number of amides is 1. The highest BCUT2D eigenvalue weighted by atomic mass is 16.5. The molecule has 1 amide bonds. The molecule has 3 N–H and O–H groups in total. The molecule has 2 unspecified atom stereocenters. The summed E-state index contributed by atoms with van der Waals surface area (Å²) in [7, 11) is 1.66. The average molecular weight is 356 g/mol. The van der Waals surface area contributed by atoms with Crippen LogP contribution in [0.5, 0.6) is 5.75 Å². The molecule has 3 heterocycles. The third kappa shape index (κ3) is 3.42. The second-order valence-corrected chi connectivity index (χ2v) is 6.88. The summed E-state index contributed by atoms with van der Waals surface area (Å²) in [6.07, 6.45) is 4.11. The molecule has 2 atom stereocenters. The summed E-state index contributed by atoms with van der Waals surface area (Å²) in [6, 6.07) is 7.86. The van der Waals surface area contributed by atoms with Crippen molar-refractivity contribution >= 4 is 5.91 Å². The molecule has 2 saturated heterocycles. The number of methoxy groups -OCH3 is 1. The summed E-state index contributed by atoms with van der Waals surface area (Å²) in [4.78, 5) is 19.1. The van der Waals surface area contributed by atoms with Crippen LogP contribution in [-0.4, -0.2) is 52.2 Å². The van der Waals surface area contributed by atoms with Gasteiger partial charge in [-0.15, -0.1) is 0 Å². The first-order valence-electron chi connectivity index (χ1n) is 9.03. The normalized spacial score (nSPS) is 24.0. The van der Waals surface area contributed by atoms with Gasteiger partial charge in [-0.05, 0) is 37.0 Å². The summed E-state index contributed by atoms with van der Waals surface area (Å²) in [5.41, 5.74) is 7.54. The van der Waals surface area contributed by atoms with Crippen LogP contribution >= 0.6 is 0 Å². The van der Waals surface area contributed by atoms with Gasteiger partial charge in [0.05, 0.1) is 7.11 Å². The molecule has 1 aromatic carbocycles. The Morgan fingerprint density at radius 2 is 2.12 bits per heavy atom.